The van der Waals surface area contributed by atoms with Gasteiger partial charge in [0.2, 0.25) is 0 Å². The summed E-state index contributed by atoms with van der Waals surface area (Å²) in [6.45, 7) is 3.58. The molecule has 0 saturated carbocycles. The van der Waals surface area contributed by atoms with Crippen molar-refractivity contribution in [1.82, 2.24) is 4.98 Å². The molecule has 7 nitrogen and oxygen atoms in total. The first-order valence-corrected chi connectivity index (χ1v) is 11.0. The van der Waals surface area contributed by atoms with Gasteiger partial charge in [-0.05, 0) is 49.7 Å². The summed E-state index contributed by atoms with van der Waals surface area (Å²) in [5.74, 6) is -0.208. The lowest BCUT2D eigenvalue weighted by Gasteiger charge is -2.11. The second-order valence-corrected chi connectivity index (χ2v) is 9.35. The van der Waals surface area contributed by atoms with Crippen LogP contribution >= 0.6 is 11.3 Å². The van der Waals surface area contributed by atoms with Gasteiger partial charge in [0.05, 0.1) is 16.8 Å². The number of carbonyl (C=O) groups is 1. The van der Waals surface area contributed by atoms with Gasteiger partial charge in [0, 0.05) is 17.5 Å². The van der Waals surface area contributed by atoms with Gasteiger partial charge >= 0.3 is 0 Å². The van der Waals surface area contributed by atoms with Gasteiger partial charge in [0.15, 0.2) is 15.0 Å². The number of amides is 1. The molecule has 0 bridgehead atoms. The van der Waals surface area contributed by atoms with E-state index in [4.69, 9.17) is 0 Å². The predicted molar refractivity (Wildman–Crippen MR) is 110 cm³/mol. The Morgan fingerprint density at radius 2 is 1.79 bits per heavy atom. The fraction of sp³-hybridized carbons (Fsp3) is 0.158. The number of aryl methyl sites for hydroxylation is 1. The molecule has 146 valence electrons. The van der Waals surface area contributed by atoms with Crippen molar-refractivity contribution >= 4 is 43.6 Å². The molecular formula is C19H19N3O4S2. The molecular weight excluding hydrogens is 398 g/mol. The highest BCUT2D eigenvalue weighted by molar-refractivity contribution is 7.90. The highest BCUT2D eigenvalue weighted by atomic mass is 32.2. The molecule has 0 saturated heterocycles. The average molecular weight is 418 g/mol. The van der Waals surface area contributed by atoms with Crippen molar-refractivity contribution < 1.29 is 18.3 Å². The standard InChI is InChI=1S/C19H19N3O4S2/c1-11-4-9-15(23)12(2)17(11)22-18(24)16-10-20-19(27-16)21-13-5-7-14(8-6-13)28(3,25)26/h4-10,23H,1-3H3,(H,20,21)(H,22,24). The maximum absolute atomic E-state index is 12.5. The van der Waals surface area contributed by atoms with Crippen LogP contribution in [0.1, 0.15) is 20.8 Å². The molecule has 1 amide bonds. The minimum atomic E-state index is -3.25. The molecule has 0 spiro atoms. The predicted octanol–water partition coefficient (Wildman–Crippen LogP) is 3.86. The zero-order valence-corrected chi connectivity index (χ0v) is 17.1. The lowest BCUT2D eigenvalue weighted by atomic mass is 10.1. The van der Waals surface area contributed by atoms with Crippen LogP contribution < -0.4 is 10.6 Å². The molecule has 0 aliphatic heterocycles. The van der Waals surface area contributed by atoms with E-state index in [0.717, 1.165) is 11.8 Å². The fourth-order valence-corrected chi connectivity index (χ4v) is 3.91. The molecule has 1 heterocycles. The number of hydrogen-bond donors (Lipinski definition) is 3. The molecule has 28 heavy (non-hydrogen) atoms. The third kappa shape index (κ3) is 4.32. The van der Waals surface area contributed by atoms with Crippen LogP contribution in [0.3, 0.4) is 0 Å². The Labute approximate surface area is 167 Å². The third-order valence-electron chi connectivity index (χ3n) is 4.15. The maximum Gasteiger partial charge on any atom is 0.267 e. The number of aromatic hydroxyl groups is 1. The van der Waals surface area contributed by atoms with Crippen molar-refractivity contribution in [3.8, 4) is 5.75 Å². The molecule has 0 aliphatic rings. The van der Waals surface area contributed by atoms with E-state index in [1.807, 2.05) is 6.92 Å². The van der Waals surface area contributed by atoms with Crippen LogP contribution in [-0.4, -0.2) is 30.7 Å². The summed E-state index contributed by atoms with van der Waals surface area (Å²) < 4.78 is 23.0. The topological polar surface area (TPSA) is 108 Å². The number of rotatable bonds is 5. The Hall–Kier alpha value is -2.91. The van der Waals surface area contributed by atoms with E-state index in [1.54, 1.807) is 31.2 Å². The zero-order chi connectivity index (χ0) is 20.5. The van der Waals surface area contributed by atoms with E-state index in [2.05, 4.69) is 15.6 Å². The molecule has 0 atom stereocenters. The molecule has 0 fully saturated rings. The second kappa shape index (κ2) is 7.61. The zero-order valence-electron chi connectivity index (χ0n) is 15.5. The molecule has 0 radical (unpaired) electrons. The molecule has 9 heteroatoms. The van der Waals surface area contributed by atoms with E-state index in [1.165, 1.54) is 29.7 Å². The van der Waals surface area contributed by atoms with Gasteiger partial charge in [-0.25, -0.2) is 13.4 Å². The molecule has 3 aromatic rings. The molecule has 1 aromatic heterocycles. The summed E-state index contributed by atoms with van der Waals surface area (Å²) in [4.78, 5) is 17.4. The van der Waals surface area contributed by atoms with Crippen molar-refractivity contribution in [2.75, 3.05) is 16.9 Å². The van der Waals surface area contributed by atoms with Crippen molar-refractivity contribution in [2.45, 2.75) is 18.7 Å². The van der Waals surface area contributed by atoms with E-state index in [0.29, 0.717) is 26.9 Å². The van der Waals surface area contributed by atoms with Crippen molar-refractivity contribution in [3.63, 3.8) is 0 Å². The van der Waals surface area contributed by atoms with Crippen LogP contribution in [0.5, 0.6) is 5.75 Å². The van der Waals surface area contributed by atoms with Crippen LogP contribution in [0.25, 0.3) is 0 Å². The number of hydrogen-bond acceptors (Lipinski definition) is 7. The third-order valence-corrected chi connectivity index (χ3v) is 6.19. The number of benzene rings is 2. The quantitative estimate of drug-likeness (QED) is 0.582. The lowest BCUT2D eigenvalue weighted by Crippen LogP contribution is -2.12. The largest absolute Gasteiger partial charge is 0.508 e. The summed E-state index contributed by atoms with van der Waals surface area (Å²) in [5, 5.41) is 16.2. The van der Waals surface area contributed by atoms with Crippen LogP contribution in [0.15, 0.2) is 47.5 Å². The van der Waals surface area contributed by atoms with E-state index in [9.17, 15) is 18.3 Å². The van der Waals surface area contributed by atoms with Gasteiger partial charge in [-0.1, -0.05) is 17.4 Å². The highest BCUT2D eigenvalue weighted by Gasteiger charge is 2.15. The first-order valence-electron chi connectivity index (χ1n) is 8.28. The van der Waals surface area contributed by atoms with Crippen molar-refractivity contribution in [2.24, 2.45) is 0 Å². The molecule has 0 aliphatic carbocycles. The van der Waals surface area contributed by atoms with Crippen LogP contribution in [0.2, 0.25) is 0 Å². The lowest BCUT2D eigenvalue weighted by molar-refractivity contribution is 0.103. The second-order valence-electron chi connectivity index (χ2n) is 6.31. The van der Waals surface area contributed by atoms with Gasteiger partial charge in [-0.2, -0.15) is 0 Å². The van der Waals surface area contributed by atoms with Gasteiger partial charge in [0.25, 0.3) is 5.91 Å². The normalized spacial score (nSPS) is 11.2. The Balaban J connectivity index is 1.74. The minimum Gasteiger partial charge on any atom is -0.508 e. The number of nitrogens with one attached hydrogen (secondary N) is 2. The summed E-state index contributed by atoms with van der Waals surface area (Å²) in [7, 11) is -3.25. The highest BCUT2D eigenvalue weighted by Crippen LogP contribution is 2.29. The van der Waals surface area contributed by atoms with E-state index < -0.39 is 9.84 Å². The molecule has 3 rings (SSSR count). The van der Waals surface area contributed by atoms with Crippen molar-refractivity contribution in [1.29, 1.82) is 0 Å². The number of anilines is 3. The van der Waals surface area contributed by atoms with Gasteiger partial charge < -0.3 is 15.7 Å². The fourth-order valence-electron chi connectivity index (χ4n) is 2.55. The summed E-state index contributed by atoms with van der Waals surface area (Å²) in [6, 6.07) is 9.61. The number of phenols is 1. The Morgan fingerprint density at radius 3 is 2.43 bits per heavy atom. The number of carbonyl (C=O) groups excluding carboxylic acids is 1. The van der Waals surface area contributed by atoms with Gasteiger partial charge in [-0.3, -0.25) is 4.79 Å². The van der Waals surface area contributed by atoms with Crippen molar-refractivity contribution in [3.05, 3.63) is 58.6 Å². The number of aromatic nitrogens is 1. The number of nitrogens with zero attached hydrogens (tertiary/aromatic N) is 1. The average Bonchev–Trinajstić information content (AvgIpc) is 3.10. The van der Waals surface area contributed by atoms with Gasteiger partial charge in [0.1, 0.15) is 10.6 Å². The summed E-state index contributed by atoms with van der Waals surface area (Å²) in [5.41, 5.74) is 2.68. The number of thiazole rings is 1. The Kier molecular flexibility index (Phi) is 5.39. The summed E-state index contributed by atoms with van der Waals surface area (Å²) >= 11 is 1.17. The van der Waals surface area contributed by atoms with Gasteiger partial charge in [-0.15, -0.1) is 0 Å². The van der Waals surface area contributed by atoms with E-state index >= 15 is 0 Å². The molecule has 3 N–H and O–H groups in total. The Morgan fingerprint density at radius 1 is 1.11 bits per heavy atom. The maximum atomic E-state index is 12.5. The molecule has 2 aromatic carbocycles. The van der Waals surface area contributed by atoms with E-state index in [-0.39, 0.29) is 16.6 Å². The molecule has 0 unspecified atom stereocenters. The number of phenolic OH excluding ortho intramolecular Hbond substituents is 1. The first-order chi connectivity index (χ1) is 13.1. The van der Waals surface area contributed by atoms with Crippen LogP contribution in [0, 0.1) is 13.8 Å². The van der Waals surface area contributed by atoms with Crippen LogP contribution in [-0.2, 0) is 9.84 Å². The van der Waals surface area contributed by atoms with Crippen LogP contribution in [0.4, 0.5) is 16.5 Å². The first kappa shape index (κ1) is 19.8. The monoisotopic (exact) mass is 417 g/mol. The minimum absolute atomic E-state index is 0.116. The summed E-state index contributed by atoms with van der Waals surface area (Å²) in [6.07, 6.45) is 2.61. The smallest absolute Gasteiger partial charge is 0.267 e. The SMILES string of the molecule is Cc1ccc(O)c(C)c1NC(=O)c1cnc(Nc2ccc(S(C)(=O)=O)cc2)s1. The Bertz CT molecular complexity index is 1140. The number of sulfone groups is 1.